The average molecular weight is 432 g/mol. The zero-order valence-electron chi connectivity index (χ0n) is 17.3. The van der Waals surface area contributed by atoms with E-state index in [1.54, 1.807) is 35.2 Å². The van der Waals surface area contributed by atoms with Crippen LogP contribution >= 0.6 is 11.6 Å². The van der Waals surface area contributed by atoms with E-state index in [4.69, 9.17) is 21.1 Å². The summed E-state index contributed by atoms with van der Waals surface area (Å²) in [5, 5.41) is 5.91. The number of carbonyl (C=O) groups is 2. The summed E-state index contributed by atoms with van der Waals surface area (Å²) in [6.07, 6.45) is 0.882. The Balaban J connectivity index is 1.75. The number of halogens is 1. The highest BCUT2D eigenvalue weighted by atomic mass is 35.5. The van der Waals surface area contributed by atoms with Gasteiger partial charge in [0.25, 0.3) is 5.91 Å². The van der Waals surface area contributed by atoms with Crippen LogP contribution in [0.3, 0.4) is 0 Å². The third kappa shape index (κ3) is 5.16. The van der Waals surface area contributed by atoms with Crippen molar-refractivity contribution >= 4 is 34.9 Å². The van der Waals surface area contributed by atoms with Gasteiger partial charge in [-0.25, -0.2) is 4.79 Å². The minimum atomic E-state index is -0.341. The van der Waals surface area contributed by atoms with Gasteiger partial charge in [0.2, 0.25) is 0 Å². The SMILES string of the molecule is COc1cc(C(=O)Nc2cccc(N3CCNC3=O)c2)cc(Cl)c1OCCC(C)C. The normalized spacial score (nSPS) is 13.4. The van der Waals surface area contributed by atoms with Gasteiger partial charge in [-0.3, -0.25) is 9.69 Å². The van der Waals surface area contributed by atoms with Crippen molar-refractivity contribution in [1.82, 2.24) is 5.32 Å². The lowest BCUT2D eigenvalue weighted by molar-refractivity contribution is 0.102. The van der Waals surface area contributed by atoms with E-state index in [9.17, 15) is 9.59 Å². The highest BCUT2D eigenvalue weighted by Gasteiger charge is 2.21. The summed E-state index contributed by atoms with van der Waals surface area (Å²) in [6.45, 7) is 5.91. The quantitative estimate of drug-likeness (QED) is 0.642. The Labute approximate surface area is 181 Å². The number of urea groups is 1. The smallest absolute Gasteiger partial charge is 0.321 e. The second-order valence-electron chi connectivity index (χ2n) is 7.41. The predicted octanol–water partition coefficient (Wildman–Crippen LogP) is 4.56. The van der Waals surface area contributed by atoms with Crippen molar-refractivity contribution < 1.29 is 19.1 Å². The predicted molar refractivity (Wildman–Crippen MR) is 118 cm³/mol. The third-order valence-electron chi connectivity index (χ3n) is 4.71. The molecule has 7 nitrogen and oxygen atoms in total. The molecule has 1 aliphatic heterocycles. The van der Waals surface area contributed by atoms with Crippen molar-refractivity contribution in [2.45, 2.75) is 20.3 Å². The van der Waals surface area contributed by atoms with Gasteiger partial charge in [0.05, 0.1) is 18.7 Å². The molecule has 0 radical (unpaired) electrons. The number of anilines is 2. The molecule has 0 saturated carbocycles. The molecule has 3 amide bonds. The number of carbonyl (C=O) groups excluding carboxylic acids is 2. The fourth-order valence-electron chi connectivity index (χ4n) is 3.06. The van der Waals surface area contributed by atoms with Crippen LogP contribution in [0.2, 0.25) is 5.02 Å². The summed E-state index contributed by atoms with van der Waals surface area (Å²) < 4.78 is 11.2. The second kappa shape index (κ2) is 9.71. The van der Waals surface area contributed by atoms with Crippen molar-refractivity contribution in [1.29, 1.82) is 0 Å². The molecule has 0 spiro atoms. The maximum Gasteiger partial charge on any atom is 0.321 e. The van der Waals surface area contributed by atoms with Crippen molar-refractivity contribution in [3.05, 3.63) is 47.0 Å². The third-order valence-corrected chi connectivity index (χ3v) is 4.99. The fraction of sp³-hybridized carbons (Fsp3) is 0.364. The highest BCUT2D eigenvalue weighted by molar-refractivity contribution is 6.32. The van der Waals surface area contributed by atoms with E-state index in [0.29, 0.717) is 59.1 Å². The molecule has 160 valence electrons. The number of nitrogens with one attached hydrogen (secondary N) is 2. The molecule has 0 aliphatic carbocycles. The molecule has 1 fully saturated rings. The van der Waals surface area contributed by atoms with Crippen LogP contribution in [-0.2, 0) is 0 Å². The van der Waals surface area contributed by atoms with Gasteiger partial charge in [-0.05, 0) is 42.7 Å². The van der Waals surface area contributed by atoms with E-state index in [-0.39, 0.29) is 11.9 Å². The maximum atomic E-state index is 12.8. The summed E-state index contributed by atoms with van der Waals surface area (Å²) in [5.74, 6) is 0.992. The van der Waals surface area contributed by atoms with Crippen molar-refractivity contribution in [2.24, 2.45) is 5.92 Å². The van der Waals surface area contributed by atoms with Gasteiger partial charge in [-0.2, -0.15) is 0 Å². The summed E-state index contributed by atoms with van der Waals surface area (Å²) in [5.41, 5.74) is 1.63. The van der Waals surface area contributed by atoms with E-state index in [1.165, 1.54) is 7.11 Å². The minimum absolute atomic E-state index is 0.150. The summed E-state index contributed by atoms with van der Waals surface area (Å²) in [4.78, 5) is 26.3. The number of nitrogens with zero attached hydrogens (tertiary/aromatic N) is 1. The maximum absolute atomic E-state index is 12.8. The topological polar surface area (TPSA) is 79.9 Å². The zero-order valence-corrected chi connectivity index (χ0v) is 18.1. The number of benzene rings is 2. The molecule has 0 unspecified atom stereocenters. The first-order valence-corrected chi connectivity index (χ1v) is 10.2. The van der Waals surface area contributed by atoms with Gasteiger partial charge in [0.1, 0.15) is 0 Å². The lowest BCUT2D eigenvalue weighted by Crippen LogP contribution is -2.27. The standard InChI is InChI=1S/C22H26ClN3O4/c1-14(2)7-10-30-20-18(23)11-15(12-19(20)29-3)21(27)25-16-5-4-6-17(13-16)26-9-8-24-22(26)28/h4-6,11-14H,7-10H2,1-3H3,(H,24,28)(H,25,27). The van der Waals surface area contributed by atoms with E-state index in [0.717, 1.165) is 6.42 Å². The van der Waals surface area contributed by atoms with E-state index >= 15 is 0 Å². The monoisotopic (exact) mass is 431 g/mol. The first kappa shape index (κ1) is 21.8. The Hall–Kier alpha value is -2.93. The van der Waals surface area contributed by atoms with Crippen LogP contribution in [0.25, 0.3) is 0 Å². The van der Waals surface area contributed by atoms with Crippen molar-refractivity contribution in [3.63, 3.8) is 0 Å². The van der Waals surface area contributed by atoms with Crippen LogP contribution in [0.4, 0.5) is 16.2 Å². The molecular formula is C22H26ClN3O4. The molecule has 8 heteroatoms. The molecule has 2 aromatic carbocycles. The number of hydrogen-bond acceptors (Lipinski definition) is 4. The molecule has 2 N–H and O–H groups in total. The van der Waals surface area contributed by atoms with Gasteiger partial charge >= 0.3 is 6.03 Å². The summed E-state index contributed by atoms with van der Waals surface area (Å²) in [6, 6.07) is 10.1. The Kier molecular flexibility index (Phi) is 7.05. The molecule has 30 heavy (non-hydrogen) atoms. The Morgan fingerprint density at radius 2 is 2.10 bits per heavy atom. The molecular weight excluding hydrogens is 406 g/mol. The Morgan fingerprint density at radius 1 is 1.30 bits per heavy atom. The van der Waals surface area contributed by atoms with Crippen LogP contribution < -0.4 is 25.0 Å². The van der Waals surface area contributed by atoms with E-state index < -0.39 is 0 Å². The average Bonchev–Trinajstić information content (AvgIpc) is 3.14. The van der Waals surface area contributed by atoms with E-state index in [1.807, 2.05) is 6.07 Å². The zero-order chi connectivity index (χ0) is 21.7. The number of methoxy groups -OCH3 is 1. The van der Waals surface area contributed by atoms with Gasteiger partial charge < -0.3 is 20.1 Å². The number of rotatable bonds is 8. The Morgan fingerprint density at radius 3 is 2.77 bits per heavy atom. The van der Waals surface area contributed by atoms with Crippen LogP contribution in [0.5, 0.6) is 11.5 Å². The van der Waals surface area contributed by atoms with Crippen molar-refractivity contribution in [2.75, 3.05) is 37.0 Å². The molecule has 2 aromatic rings. The Bertz CT molecular complexity index is 933. The largest absolute Gasteiger partial charge is 0.493 e. The summed E-state index contributed by atoms with van der Waals surface area (Å²) >= 11 is 6.37. The van der Waals surface area contributed by atoms with Gasteiger partial charge in [0.15, 0.2) is 11.5 Å². The highest BCUT2D eigenvalue weighted by Crippen LogP contribution is 2.37. The lowest BCUT2D eigenvalue weighted by atomic mass is 10.1. The van der Waals surface area contributed by atoms with Crippen LogP contribution in [0, 0.1) is 5.92 Å². The van der Waals surface area contributed by atoms with Crippen molar-refractivity contribution in [3.8, 4) is 11.5 Å². The molecule has 1 saturated heterocycles. The minimum Gasteiger partial charge on any atom is -0.493 e. The van der Waals surface area contributed by atoms with Gasteiger partial charge in [0, 0.05) is 30.0 Å². The van der Waals surface area contributed by atoms with Crippen LogP contribution in [-0.4, -0.2) is 38.7 Å². The second-order valence-corrected chi connectivity index (χ2v) is 7.82. The molecule has 3 rings (SSSR count). The lowest BCUT2D eigenvalue weighted by Gasteiger charge is -2.16. The molecule has 1 aliphatic rings. The first-order valence-electron chi connectivity index (χ1n) is 9.86. The molecule has 0 aromatic heterocycles. The van der Waals surface area contributed by atoms with Crippen LogP contribution in [0.1, 0.15) is 30.6 Å². The number of amides is 3. The fourth-order valence-corrected chi connectivity index (χ4v) is 3.33. The van der Waals surface area contributed by atoms with E-state index in [2.05, 4.69) is 24.5 Å². The summed E-state index contributed by atoms with van der Waals surface area (Å²) in [7, 11) is 1.51. The number of hydrogen-bond donors (Lipinski definition) is 2. The molecule has 0 atom stereocenters. The van der Waals surface area contributed by atoms with Crippen LogP contribution in [0.15, 0.2) is 36.4 Å². The first-order chi connectivity index (χ1) is 14.4. The van der Waals surface area contributed by atoms with Gasteiger partial charge in [-0.1, -0.05) is 31.5 Å². The molecule has 1 heterocycles. The number of ether oxygens (including phenoxy) is 2. The molecule has 0 bridgehead atoms. The van der Waals surface area contributed by atoms with Gasteiger partial charge in [-0.15, -0.1) is 0 Å².